The molecular formula is C43H40F3N7O4. The fraction of sp³-hybridized carbons (Fsp3) is 0.279. The lowest BCUT2D eigenvalue weighted by molar-refractivity contribution is -0.137. The molecule has 0 bridgehead atoms. The Morgan fingerprint density at radius 1 is 0.930 bits per heavy atom. The maximum absolute atomic E-state index is 13.4. The second-order valence-corrected chi connectivity index (χ2v) is 14.6. The molecule has 4 amide bonds. The Morgan fingerprint density at radius 3 is 2.44 bits per heavy atom. The van der Waals surface area contributed by atoms with Crippen LogP contribution in [-0.2, 0) is 24.6 Å². The standard InChI is InChI=1S/C43H40F3N7O4/c1-26(47-41(55)30-10-15-34-29(23-30)5-3-8-38(34)57-33-13-11-31(12-14-33)43(44,45)46)36-7-4-6-32(48-36)25-52-20-17-27(18-21-52)28-9-16-35-37(24-28)51(2)50-40(35)53-22-19-39(54)49-42(53)56/h3-16,23-24,26-27H,17-22,25H2,1-2H3,(H,47,55)(H,49,54,56)/t26-/m0/s1. The van der Waals surface area contributed by atoms with Gasteiger partial charge >= 0.3 is 12.2 Å². The number of pyridine rings is 1. The highest BCUT2D eigenvalue weighted by Crippen LogP contribution is 2.36. The number of urea groups is 1. The normalized spacial score (nSPS) is 16.2. The summed E-state index contributed by atoms with van der Waals surface area (Å²) in [7, 11) is 1.87. The summed E-state index contributed by atoms with van der Waals surface area (Å²) in [5, 5.41) is 12.4. The first-order valence-electron chi connectivity index (χ1n) is 18.8. The molecule has 8 rings (SSSR count). The van der Waals surface area contributed by atoms with Crippen molar-refractivity contribution in [1.82, 2.24) is 30.3 Å². The molecule has 0 radical (unpaired) electrons. The van der Waals surface area contributed by atoms with Gasteiger partial charge in [0.15, 0.2) is 5.82 Å². The number of likely N-dealkylation sites (tertiary alicyclic amines) is 1. The first kappa shape index (κ1) is 37.6. The lowest BCUT2D eigenvalue weighted by Crippen LogP contribution is -2.49. The lowest BCUT2D eigenvalue weighted by atomic mass is 9.89. The van der Waals surface area contributed by atoms with Crippen molar-refractivity contribution in [2.45, 2.75) is 50.9 Å². The predicted octanol–water partition coefficient (Wildman–Crippen LogP) is 8.25. The van der Waals surface area contributed by atoms with Gasteiger partial charge in [-0.1, -0.05) is 24.3 Å². The number of halogens is 3. The van der Waals surface area contributed by atoms with E-state index in [1.54, 1.807) is 35.0 Å². The van der Waals surface area contributed by atoms with Gasteiger partial charge in [0.05, 0.1) is 28.5 Å². The van der Waals surface area contributed by atoms with E-state index in [2.05, 4.69) is 32.8 Å². The lowest BCUT2D eigenvalue weighted by Gasteiger charge is -2.32. The number of hydrogen-bond acceptors (Lipinski definition) is 7. The summed E-state index contributed by atoms with van der Waals surface area (Å²) in [5.41, 5.74) is 3.55. The summed E-state index contributed by atoms with van der Waals surface area (Å²) in [6, 6.07) is 26.5. The van der Waals surface area contributed by atoms with E-state index < -0.39 is 17.8 Å². The van der Waals surface area contributed by atoms with Gasteiger partial charge in [0.2, 0.25) is 5.91 Å². The van der Waals surface area contributed by atoms with Crippen molar-refractivity contribution in [2.75, 3.05) is 24.5 Å². The van der Waals surface area contributed by atoms with Crippen molar-refractivity contribution in [3.8, 4) is 11.5 Å². The van der Waals surface area contributed by atoms with E-state index in [9.17, 15) is 27.6 Å². The number of alkyl halides is 3. The number of carbonyl (C=O) groups is 3. The number of carbonyl (C=O) groups excluding carboxylic acids is 3. The molecule has 2 fully saturated rings. The van der Waals surface area contributed by atoms with Gasteiger partial charge in [-0.3, -0.25) is 34.4 Å². The highest BCUT2D eigenvalue weighted by atomic mass is 19.4. The van der Waals surface area contributed by atoms with Crippen LogP contribution >= 0.6 is 0 Å². The number of rotatable bonds is 9. The van der Waals surface area contributed by atoms with Crippen LogP contribution in [0, 0.1) is 0 Å². The van der Waals surface area contributed by atoms with Crippen molar-refractivity contribution in [3.05, 3.63) is 125 Å². The minimum absolute atomic E-state index is 0.240. The number of benzene rings is 4. The number of piperidine rings is 1. The zero-order valence-corrected chi connectivity index (χ0v) is 31.3. The van der Waals surface area contributed by atoms with Gasteiger partial charge in [-0.15, -0.1) is 0 Å². The largest absolute Gasteiger partial charge is 0.457 e. The molecule has 2 saturated heterocycles. The average Bonchev–Trinajstić information content (AvgIpc) is 3.52. The van der Waals surface area contributed by atoms with Crippen molar-refractivity contribution >= 4 is 45.3 Å². The van der Waals surface area contributed by atoms with Gasteiger partial charge < -0.3 is 10.1 Å². The Morgan fingerprint density at radius 2 is 1.68 bits per heavy atom. The van der Waals surface area contributed by atoms with Gasteiger partial charge in [0.25, 0.3) is 5.91 Å². The molecule has 292 valence electrons. The number of hydrogen-bond donors (Lipinski definition) is 2. The molecule has 1 atom stereocenters. The van der Waals surface area contributed by atoms with Crippen LogP contribution in [0.15, 0.2) is 97.1 Å². The Labute approximate surface area is 326 Å². The van der Waals surface area contributed by atoms with Crippen LogP contribution in [0.4, 0.5) is 23.8 Å². The summed E-state index contributed by atoms with van der Waals surface area (Å²) in [6.45, 7) is 4.69. The molecule has 0 aliphatic carbocycles. The SMILES string of the molecule is C[C@H](NC(=O)c1ccc2c(Oc3ccc(C(F)(F)F)cc3)cccc2c1)c1cccc(CN2CCC(c3ccc4c(N5CCC(=O)NC5=O)nn(C)c4c3)CC2)n1. The van der Waals surface area contributed by atoms with Crippen LogP contribution < -0.4 is 20.3 Å². The molecule has 11 nitrogen and oxygen atoms in total. The van der Waals surface area contributed by atoms with Crippen LogP contribution in [0.25, 0.3) is 21.7 Å². The molecule has 0 unspecified atom stereocenters. The molecule has 0 spiro atoms. The van der Waals surface area contributed by atoms with Gasteiger partial charge in [-0.2, -0.15) is 18.3 Å². The zero-order chi connectivity index (χ0) is 39.8. The van der Waals surface area contributed by atoms with Gasteiger partial charge in [0.1, 0.15) is 11.5 Å². The molecule has 2 aliphatic heterocycles. The maximum Gasteiger partial charge on any atom is 0.416 e. The van der Waals surface area contributed by atoms with Gasteiger partial charge in [0, 0.05) is 42.9 Å². The fourth-order valence-electron chi connectivity index (χ4n) is 7.63. The monoisotopic (exact) mass is 775 g/mol. The Balaban J connectivity index is 0.868. The van der Waals surface area contributed by atoms with Crippen LogP contribution in [0.1, 0.15) is 71.0 Å². The number of aryl methyl sites for hydroxylation is 1. The number of ether oxygens (including phenoxy) is 1. The van der Waals surface area contributed by atoms with E-state index in [-0.39, 0.29) is 30.0 Å². The molecule has 2 N–H and O–H groups in total. The molecule has 4 heterocycles. The van der Waals surface area contributed by atoms with E-state index in [1.165, 1.54) is 22.6 Å². The van der Waals surface area contributed by atoms with Crippen LogP contribution in [0.5, 0.6) is 11.5 Å². The zero-order valence-electron chi connectivity index (χ0n) is 31.3. The topological polar surface area (TPSA) is 122 Å². The number of fused-ring (bicyclic) bond motifs is 2. The highest BCUT2D eigenvalue weighted by Gasteiger charge is 2.31. The number of nitrogens with one attached hydrogen (secondary N) is 2. The molecule has 4 aromatic carbocycles. The summed E-state index contributed by atoms with van der Waals surface area (Å²) >= 11 is 0. The number of aromatic nitrogens is 3. The molecular weight excluding hydrogens is 736 g/mol. The summed E-state index contributed by atoms with van der Waals surface area (Å²) in [6.07, 6.45) is -2.23. The number of amides is 4. The second kappa shape index (κ2) is 15.3. The van der Waals surface area contributed by atoms with Gasteiger partial charge in [-0.25, -0.2) is 4.79 Å². The fourth-order valence-corrected chi connectivity index (χ4v) is 7.63. The molecule has 0 saturated carbocycles. The van der Waals surface area contributed by atoms with Crippen molar-refractivity contribution in [2.24, 2.45) is 7.05 Å². The Hall–Kier alpha value is -6.28. The Bertz CT molecular complexity index is 2490. The smallest absolute Gasteiger partial charge is 0.416 e. The average molecular weight is 776 g/mol. The highest BCUT2D eigenvalue weighted by molar-refractivity contribution is 6.09. The summed E-state index contributed by atoms with van der Waals surface area (Å²) < 4.78 is 46.7. The molecule has 2 aliphatic rings. The molecule has 6 aromatic rings. The molecule has 2 aromatic heterocycles. The predicted molar refractivity (Wildman–Crippen MR) is 209 cm³/mol. The van der Waals surface area contributed by atoms with E-state index in [4.69, 9.17) is 9.72 Å². The third-order valence-corrected chi connectivity index (χ3v) is 10.7. The summed E-state index contributed by atoms with van der Waals surface area (Å²) in [5.74, 6) is 1.13. The quantitative estimate of drug-likeness (QED) is 0.152. The first-order valence-corrected chi connectivity index (χ1v) is 18.8. The second-order valence-electron chi connectivity index (χ2n) is 14.6. The van der Waals surface area contributed by atoms with E-state index >= 15 is 0 Å². The van der Waals surface area contributed by atoms with Crippen LogP contribution in [-0.4, -0.2) is 57.1 Å². The Kier molecular flexibility index (Phi) is 10.1. The van der Waals surface area contributed by atoms with E-state index in [0.717, 1.165) is 65.7 Å². The number of anilines is 1. The van der Waals surface area contributed by atoms with Crippen molar-refractivity contribution in [3.63, 3.8) is 0 Å². The van der Waals surface area contributed by atoms with E-state index in [1.807, 2.05) is 44.3 Å². The minimum Gasteiger partial charge on any atom is -0.457 e. The van der Waals surface area contributed by atoms with Crippen LogP contribution in [0.3, 0.4) is 0 Å². The summed E-state index contributed by atoms with van der Waals surface area (Å²) in [4.78, 5) is 46.4. The third kappa shape index (κ3) is 8.03. The van der Waals surface area contributed by atoms with Gasteiger partial charge in [-0.05, 0) is 123 Å². The molecule has 57 heavy (non-hydrogen) atoms. The number of nitrogens with zero attached hydrogens (tertiary/aromatic N) is 5. The third-order valence-electron chi connectivity index (χ3n) is 10.7. The van der Waals surface area contributed by atoms with Crippen LogP contribution in [0.2, 0.25) is 0 Å². The number of imide groups is 1. The van der Waals surface area contributed by atoms with Crippen molar-refractivity contribution < 1.29 is 32.3 Å². The van der Waals surface area contributed by atoms with Crippen molar-refractivity contribution in [1.29, 1.82) is 0 Å². The van der Waals surface area contributed by atoms with E-state index in [0.29, 0.717) is 41.5 Å². The first-order chi connectivity index (χ1) is 27.4. The minimum atomic E-state index is -4.43. The maximum atomic E-state index is 13.4. The molecule has 14 heteroatoms.